The third kappa shape index (κ3) is 5.00. The summed E-state index contributed by atoms with van der Waals surface area (Å²) in [6, 6.07) is 16.9. The summed E-state index contributed by atoms with van der Waals surface area (Å²) in [7, 11) is 3.05. The standard InChI is InChI=1S/C31H30N2O6S/c1-5-6-14-39-23-13-11-19(17-24(23)38-4)27-26(28(34)20-8-7-9-21(16-20)37-3)29(35)30(36)33(27)31-32-22-12-10-18(2)15-25(22)40-31/h7-13,15-17,27,34H,5-6,14H2,1-4H3/b28-26+. The number of carbonyl (C=O) groups excluding carboxylic acids is 2. The number of aliphatic hydroxyl groups is 1. The van der Waals surface area contributed by atoms with Crippen LogP contribution in [-0.4, -0.2) is 42.6 Å². The fourth-order valence-corrected chi connectivity index (χ4v) is 5.78. The van der Waals surface area contributed by atoms with Crippen LogP contribution < -0.4 is 19.1 Å². The lowest BCUT2D eigenvalue weighted by Crippen LogP contribution is -2.29. The number of unbranched alkanes of at least 4 members (excludes halogenated alkanes) is 1. The van der Waals surface area contributed by atoms with E-state index in [1.807, 2.05) is 25.1 Å². The molecule has 1 amide bonds. The maximum atomic E-state index is 13.6. The van der Waals surface area contributed by atoms with E-state index in [0.29, 0.717) is 40.1 Å². The lowest BCUT2D eigenvalue weighted by Gasteiger charge is -2.24. The van der Waals surface area contributed by atoms with Crippen molar-refractivity contribution in [1.82, 2.24) is 4.98 Å². The maximum Gasteiger partial charge on any atom is 0.301 e. The van der Waals surface area contributed by atoms with Gasteiger partial charge in [-0.15, -0.1) is 0 Å². The number of aryl methyl sites for hydroxylation is 1. The summed E-state index contributed by atoms with van der Waals surface area (Å²) in [6.45, 7) is 4.60. The van der Waals surface area contributed by atoms with Gasteiger partial charge in [0.1, 0.15) is 11.5 Å². The highest BCUT2D eigenvalue weighted by Gasteiger charge is 2.48. The van der Waals surface area contributed by atoms with Crippen LogP contribution in [0.2, 0.25) is 0 Å². The van der Waals surface area contributed by atoms with Gasteiger partial charge in [-0.05, 0) is 60.9 Å². The molecule has 206 valence electrons. The quantitative estimate of drug-likeness (QED) is 0.109. The lowest BCUT2D eigenvalue weighted by molar-refractivity contribution is -0.132. The van der Waals surface area contributed by atoms with Crippen molar-refractivity contribution in [3.8, 4) is 17.2 Å². The number of rotatable bonds is 9. The summed E-state index contributed by atoms with van der Waals surface area (Å²) in [5.41, 5.74) is 2.65. The van der Waals surface area contributed by atoms with Gasteiger partial charge in [0.2, 0.25) is 0 Å². The second-order valence-corrected chi connectivity index (χ2v) is 10.5. The van der Waals surface area contributed by atoms with E-state index in [2.05, 4.69) is 6.92 Å². The van der Waals surface area contributed by atoms with Crippen molar-refractivity contribution in [3.63, 3.8) is 0 Å². The number of aliphatic hydroxyl groups excluding tert-OH is 1. The van der Waals surface area contributed by atoms with Gasteiger partial charge >= 0.3 is 5.91 Å². The number of Topliss-reactive ketones (excluding diaryl/α,β-unsaturated/α-hetero) is 1. The summed E-state index contributed by atoms with van der Waals surface area (Å²) in [5, 5.41) is 11.8. The molecule has 0 aliphatic carbocycles. The molecule has 1 atom stereocenters. The molecule has 0 radical (unpaired) electrons. The molecular formula is C31H30N2O6S. The predicted molar refractivity (Wildman–Crippen MR) is 156 cm³/mol. The van der Waals surface area contributed by atoms with Gasteiger partial charge in [-0.1, -0.05) is 48.9 Å². The number of fused-ring (bicyclic) bond motifs is 1. The summed E-state index contributed by atoms with van der Waals surface area (Å²) in [6.07, 6.45) is 1.88. The Morgan fingerprint density at radius 2 is 1.85 bits per heavy atom. The van der Waals surface area contributed by atoms with Crippen LogP contribution in [0.3, 0.4) is 0 Å². The predicted octanol–water partition coefficient (Wildman–Crippen LogP) is 6.43. The van der Waals surface area contributed by atoms with Gasteiger partial charge in [0.25, 0.3) is 5.78 Å². The fraction of sp³-hybridized carbons (Fsp3) is 0.258. The fourth-order valence-electron chi connectivity index (χ4n) is 4.69. The van der Waals surface area contributed by atoms with Crippen molar-refractivity contribution in [3.05, 3.63) is 82.9 Å². The molecule has 0 spiro atoms. The second kappa shape index (κ2) is 11.4. The molecule has 3 aromatic carbocycles. The molecule has 40 heavy (non-hydrogen) atoms. The zero-order valence-corrected chi connectivity index (χ0v) is 23.6. The van der Waals surface area contributed by atoms with Crippen LogP contribution in [0, 0.1) is 6.92 Å². The van der Waals surface area contributed by atoms with Crippen molar-refractivity contribution in [2.75, 3.05) is 25.7 Å². The minimum absolute atomic E-state index is 0.0459. The average Bonchev–Trinajstić information content (AvgIpc) is 3.50. The minimum atomic E-state index is -0.952. The maximum absolute atomic E-state index is 13.6. The highest BCUT2D eigenvalue weighted by Crippen LogP contribution is 2.46. The van der Waals surface area contributed by atoms with Crippen molar-refractivity contribution < 1.29 is 28.9 Å². The van der Waals surface area contributed by atoms with E-state index in [1.54, 1.807) is 42.5 Å². The van der Waals surface area contributed by atoms with Gasteiger partial charge in [0, 0.05) is 5.56 Å². The van der Waals surface area contributed by atoms with Crippen LogP contribution in [0.5, 0.6) is 17.2 Å². The Bertz CT molecular complexity index is 1630. The first-order chi connectivity index (χ1) is 19.4. The molecule has 0 bridgehead atoms. The largest absolute Gasteiger partial charge is 0.507 e. The molecule has 1 saturated heterocycles. The van der Waals surface area contributed by atoms with Crippen molar-refractivity contribution in [2.24, 2.45) is 0 Å². The highest BCUT2D eigenvalue weighted by molar-refractivity contribution is 7.22. The molecule has 8 nitrogen and oxygen atoms in total. The number of benzene rings is 3. The zero-order chi connectivity index (χ0) is 28.4. The minimum Gasteiger partial charge on any atom is -0.507 e. The van der Waals surface area contributed by atoms with E-state index in [9.17, 15) is 14.7 Å². The summed E-state index contributed by atoms with van der Waals surface area (Å²) >= 11 is 1.32. The van der Waals surface area contributed by atoms with Crippen molar-refractivity contribution in [1.29, 1.82) is 0 Å². The van der Waals surface area contributed by atoms with Crippen molar-refractivity contribution >= 4 is 44.1 Å². The average molecular weight is 559 g/mol. The molecular weight excluding hydrogens is 528 g/mol. The van der Waals surface area contributed by atoms with Crippen molar-refractivity contribution in [2.45, 2.75) is 32.7 Å². The summed E-state index contributed by atoms with van der Waals surface area (Å²) in [5.74, 6) is -0.355. The Balaban J connectivity index is 1.69. The first kappa shape index (κ1) is 27.2. The van der Waals surface area contributed by atoms with Gasteiger partial charge in [-0.3, -0.25) is 14.5 Å². The second-order valence-electron chi connectivity index (χ2n) is 9.48. The third-order valence-corrected chi connectivity index (χ3v) is 7.80. The molecule has 5 rings (SSSR count). The third-order valence-electron chi connectivity index (χ3n) is 6.79. The van der Waals surface area contributed by atoms with Gasteiger partial charge in [0.05, 0.1) is 42.7 Å². The van der Waals surface area contributed by atoms with E-state index in [1.165, 1.54) is 30.5 Å². The van der Waals surface area contributed by atoms with Crippen LogP contribution >= 0.6 is 11.3 Å². The van der Waals surface area contributed by atoms with E-state index in [0.717, 1.165) is 28.6 Å². The Morgan fingerprint density at radius 1 is 1.02 bits per heavy atom. The van der Waals surface area contributed by atoms with E-state index in [4.69, 9.17) is 19.2 Å². The molecule has 4 aromatic rings. The normalized spacial score (nSPS) is 16.5. The van der Waals surface area contributed by atoms with Gasteiger partial charge < -0.3 is 19.3 Å². The molecule has 1 N–H and O–H groups in total. The van der Waals surface area contributed by atoms with E-state index in [-0.39, 0.29) is 11.3 Å². The number of nitrogens with zero attached hydrogens (tertiary/aromatic N) is 2. The summed E-state index contributed by atoms with van der Waals surface area (Å²) < 4.78 is 17.7. The zero-order valence-electron chi connectivity index (χ0n) is 22.8. The lowest BCUT2D eigenvalue weighted by atomic mass is 9.95. The first-order valence-electron chi connectivity index (χ1n) is 13.0. The summed E-state index contributed by atoms with van der Waals surface area (Å²) in [4.78, 5) is 33.3. The van der Waals surface area contributed by atoms with Crippen LogP contribution in [0.15, 0.2) is 66.2 Å². The van der Waals surface area contributed by atoms with Crippen LogP contribution in [-0.2, 0) is 9.59 Å². The number of thiazole rings is 1. The monoisotopic (exact) mass is 558 g/mol. The van der Waals surface area contributed by atoms with Crippen LogP contribution in [0.1, 0.15) is 42.5 Å². The number of carbonyl (C=O) groups is 2. The number of ketones is 1. The smallest absolute Gasteiger partial charge is 0.301 e. The molecule has 1 aliphatic heterocycles. The first-order valence-corrected chi connectivity index (χ1v) is 13.8. The molecule has 1 aliphatic rings. The Kier molecular flexibility index (Phi) is 7.75. The molecule has 9 heteroatoms. The SMILES string of the molecule is CCCCOc1ccc(C2/C(=C(\O)c3cccc(OC)c3)C(=O)C(=O)N2c2nc3ccc(C)cc3s2)cc1OC. The molecule has 1 aromatic heterocycles. The number of hydrogen-bond donors (Lipinski definition) is 1. The molecule has 1 fully saturated rings. The van der Waals surface area contributed by atoms with E-state index < -0.39 is 17.7 Å². The van der Waals surface area contributed by atoms with Gasteiger partial charge in [0.15, 0.2) is 16.6 Å². The highest BCUT2D eigenvalue weighted by atomic mass is 32.1. The van der Waals surface area contributed by atoms with Gasteiger partial charge in [-0.2, -0.15) is 0 Å². The topological polar surface area (TPSA) is 98.2 Å². The van der Waals surface area contributed by atoms with Crippen LogP contribution in [0.4, 0.5) is 5.13 Å². The Labute approximate surface area is 236 Å². The molecule has 0 saturated carbocycles. The number of amides is 1. The Morgan fingerprint density at radius 3 is 2.60 bits per heavy atom. The number of anilines is 1. The number of aromatic nitrogens is 1. The Hall–Kier alpha value is -4.37. The van der Waals surface area contributed by atoms with Gasteiger partial charge in [-0.25, -0.2) is 4.98 Å². The van der Waals surface area contributed by atoms with E-state index >= 15 is 0 Å². The molecule has 2 heterocycles. The number of methoxy groups -OCH3 is 2. The van der Waals surface area contributed by atoms with Crippen LogP contribution in [0.25, 0.3) is 16.0 Å². The number of hydrogen-bond acceptors (Lipinski definition) is 8. The molecule has 1 unspecified atom stereocenters. The number of ether oxygens (including phenoxy) is 3.